The molecule has 0 aliphatic carbocycles. The highest BCUT2D eigenvalue weighted by Crippen LogP contribution is 2.40. The Balaban J connectivity index is 1.49. The molecule has 1 aromatic carbocycles. The first-order chi connectivity index (χ1) is 17.5. The largest absolute Gasteiger partial charge is 0.370 e. The van der Waals surface area contributed by atoms with Gasteiger partial charge in [0.1, 0.15) is 6.04 Å². The average molecular weight is 502 g/mol. The number of amides is 1. The van der Waals surface area contributed by atoms with Crippen LogP contribution >= 0.6 is 0 Å². The lowest BCUT2D eigenvalue weighted by atomic mass is 9.85. The lowest BCUT2D eigenvalue weighted by molar-refractivity contribution is -0.170. The van der Waals surface area contributed by atoms with Gasteiger partial charge in [-0.3, -0.25) is 9.48 Å². The number of nitrogens with zero attached hydrogens (tertiary/aromatic N) is 5. The molecule has 0 radical (unpaired) electrons. The van der Waals surface area contributed by atoms with Crippen molar-refractivity contribution in [3.05, 3.63) is 54.0 Å². The van der Waals surface area contributed by atoms with Gasteiger partial charge in [-0.15, -0.1) is 0 Å². The summed E-state index contributed by atoms with van der Waals surface area (Å²) in [6, 6.07) is 9.01. The number of anilines is 2. The average Bonchev–Trinajstić information content (AvgIpc) is 3.30. The van der Waals surface area contributed by atoms with Crippen LogP contribution in [0.5, 0.6) is 0 Å². The van der Waals surface area contributed by atoms with Gasteiger partial charge in [0.05, 0.1) is 40.9 Å². The van der Waals surface area contributed by atoms with Gasteiger partial charge in [0, 0.05) is 23.5 Å². The van der Waals surface area contributed by atoms with E-state index in [1.807, 2.05) is 36.9 Å². The van der Waals surface area contributed by atoms with Gasteiger partial charge >= 0.3 is 0 Å². The minimum absolute atomic E-state index is 0.218. The minimum Gasteiger partial charge on any atom is -0.370 e. The number of hydrogen-bond donors (Lipinski definition) is 2. The van der Waals surface area contributed by atoms with Crippen LogP contribution in [0.2, 0.25) is 0 Å². The highest BCUT2D eigenvalue weighted by molar-refractivity contribution is 5.95. The van der Waals surface area contributed by atoms with E-state index in [1.54, 1.807) is 24.5 Å². The Morgan fingerprint density at radius 1 is 1.19 bits per heavy atom. The number of aryl methyl sites for hydroxylation is 1. The number of benzene rings is 1. The molecule has 1 aliphatic heterocycles. The normalized spacial score (nSPS) is 17.5. The predicted molar refractivity (Wildman–Crippen MR) is 142 cm³/mol. The van der Waals surface area contributed by atoms with E-state index < -0.39 is 6.04 Å². The summed E-state index contributed by atoms with van der Waals surface area (Å²) in [5.74, 6) is 0.199. The zero-order valence-electron chi connectivity index (χ0n) is 22.4. The molecule has 2 N–H and O–H groups in total. The molecule has 0 saturated carbocycles. The molecule has 3 heterocycles. The van der Waals surface area contributed by atoms with Crippen LogP contribution in [-0.2, 0) is 4.74 Å². The molecule has 1 saturated heterocycles. The van der Waals surface area contributed by atoms with Crippen molar-refractivity contribution in [2.24, 2.45) is 0 Å². The molecule has 1 aliphatic rings. The summed E-state index contributed by atoms with van der Waals surface area (Å²) in [5.41, 5.74) is 3.43. The first-order valence-corrected chi connectivity index (χ1v) is 12.6. The number of carbonyl (C=O) groups excluding carboxylic acids is 1. The van der Waals surface area contributed by atoms with Gasteiger partial charge < -0.3 is 15.4 Å². The molecule has 0 spiro atoms. The number of rotatable bonds is 7. The highest BCUT2D eigenvalue weighted by atomic mass is 16.5. The molecule has 1 atom stereocenters. The van der Waals surface area contributed by atoms with Gasteiger partial charge in [-0.2, -0.15) is 10.4 Å². The molecule has 37 heavy (non-hydrogen) atoms. The minimum atomic E-state index is -0.501. The van der Waals surface area contributed by atoms with Crippen LogP contribution in [0, 0.1) is 18.3 Å². The fourth-order valence-corrected chi connectivity index (χ4v) is 5.00. The van der Waals surface area contributed by atoms with Crippen LogP contribution in [-0.4, -0.2) is 42.9 Å². The number of carbonyl (C=O) groups is 1. The van der Waals surface area contributed by atoms with Crippen molar-refractivity contribution < 1.29 is 9.53 Å². The maximum atomic E-state index is 12.4. The molecule has 0 bridgehead atoms. The Labute approximate surface area is 218 Å². The topological polar surface area (TPSA) is 118 Å². The van der Waals surface area contributed by atoms with Crippen molar-refractivity contribution in [3.63, 3.8) is 0 Å². The molecule has 9 heteroatoms. The number of nitriles is 1. The molecule has 0 unspecified atom stereocenters. The fraction of sp³-hybridized carbons (Fsp3) is 0.464. The zero-order valence-corrected chi connectivity index (χ0v) is 22.4. The summed E-state index contributed by atoms with van der Waals surface area (Å²) in [6.45, 7) is 12.3. The summed E-state index contributed by atoms with van der Waals surface area (Å²) in [6.07, 6.45) is 7.87. The molecular formula is C28H35N7O2. The second-order valence-electron chi connectivity index (χ2n) is 10.9. The van der Waals surface area contributed by atoms with E-state index in [-0.39, 0.29) is 23.2 Å². The van der Waals surface area contributed by atoms with Crippen molar-refractivity contribution in [1.29, 1.82) is 5.26 Å². The van der Waals surface area contributed by atoms with E-state index in [0.717, 1.165) is 35.3 Å². The van der Waals surface area contributed by atoms with Crippen molar-refractivity contribution in [1.82, 2.24) is 25.1 Å². The van der Waals surface area contributed by atoms with Gasteiger partial charge in [-0.1, -0.05) is 19.1 Å². The SMILES string of the molecule is CC[C@@H](C#N)NC(=O)c1ccc(-c2nc(Nc3cnn(C4CC(C)(C)OC(C)(C)C4)c3)ncc2C)cc1. The summed E-state index contributed by atoms with van der Waals surface area (Å²) in [4.78, 5) is 21.6. The summed E-state index contributed by atoms with van der Waals surface area (Å²) in [5, 5.41) is 19.7. The molecule has 1 amide bonds. The maximum Gasteiger partial charge on any atom is 0.252 e. The van der Waals surface area contributed by atoms with Gasteiger partial charge in [0.25, 0.3) is 5.91 Å². The third-order valence-electron chi connectivity index (χ3n) is 6.50. The lowest BCUT2D eigenvalue weighted by Gasteiger charge is -2.45. The monoisotopic (exact) mass is 501 g/mol. The maximum absolute atomic E-state index is 12.4. The van der Waals surface area contributed by atoms with Crippen molar-refractivity contribution in [3.8, 4) is 17.3 Å². The van der Waals surface area contributed by atoms with Crippen molar-refractivity contribution >= 4 is 17.5 Å². The van der Waals surface area contributed by atoms with Crippen LogP contribution in [0.1, 0.15) is 75.8 Å². The van der Waals surface area contributed by atoms with Crippen LogP contribution in [0.15, 0.2) is 42.9 Å². The summed E-state index contributed by atoms with van der Waals surface area (Å²) in [7, 11) is 0. The van der Waals surface area contributed by atoms with Gasteiger partial charge in [0.15, 0.2) is 0 Å². The van der Waals surface area contributed by atoms with E-state index in [0.29, 0.717) is 17.9 Å². The highest BCUT2D eigenvalue weighted by Gasteiger charge is 2.40. The smallest absolute Gasteiger partial charge is 0.252 e. The van der Waals surface area contributed by atoms with Crippen molar-refractivity contribution in [2.45, 2.75) is 84.1 Å². The number of hydrogen-bond acceptors (Lipinski definition) is 7. The Kier molecular flexibility index (Phi) is 7.32. The number of ether oxygens (including phenoxy) is 1. The standard InChI is InChI=1S/C28H35N7O2/c1-7-21(14-29)32-25(36)20-10-8-19(9-11-20)24-18(2)15-30-26(34-24)33-22-16-31-35(17-22)23-12-27(3,4)37-28(5,6)13-23/h8-11,15-17,21,23H,7,12-13H2,1-6H3,(H,32,36)(H,30,33,34)/t21-/m0/s1. The van der Waals surface area contributed by atoms with Gasteiger partial charge in [-0.25, -0.2) is 9.97 Å². The fourth-order valence-electron chi connectivity index (χ4n) is 5.00. The molecule has 4 rings (SSSR count). The summed E-state index contributed by atoms with van der Waals surface area (Å²) < 4.78 is 8.22. The lowest BCUT2D eigenvalue weighted by Crippen LogP contribution is -2.45. The predicted octanol–water partition coefficient (Wildman–Crippen LogP) is 5.33. The van der Waals surface area contributed by atoms with Gasteiger partial charge in [-0.05, 0) is 71.6 Å². The zero-order chi connectivity index (χ0) is 26.8. The Hall–Kier alpha value is -3.77. The number of nitrogens with one attached hydrogen (secondary N) is 2. The number of aromatic nitrogens is 4. The summed E-state index contributed by atoms with van der Waals surface area (Å²) >= 11 is 0. The second-order valence-corrected chi connectivity index (χ2v) is 10.9. The third-order valence-corrected chi connectivity index (χ3v) is 6.50. The van der Waals surface area contributed by atoms with Gasteiger partial charge in [0.2, 0.25) is 5.95 Å². The molecule has 1 fully saturated rings. The quantitative estimate of drug-likeness (QED) is 0.449. The van der Waals surface area contributed by atoms with Crippen LogP contribution in [0.4, 0.5) is 11.6 Å². The van der Waals surface area contributed by atoms with E-state index in [2.05, 4.69) is 54.5 Å². The van der Waals surface area contributed by atoms with E-state index in [1.165, 1.54) is 0 Å². The van der Waals surface area contributed by atoms with E-state index >= 15 is 0 Å². The van der Waals surface area contributed by atoms with E-state index in [9.17, 15) is 4.79 Å². The van der Waals surface area contributed by atoms with E-state index in [4.69, 9.17) is 15.0 Å². The third kappa shape index (κ3) is 6.33. The Morgan fingerprint density at radius 3 is 2.49 bits per heavy atom. The Morgan fingerprint density at radius 2 is 1.86 bits per heavy atom. The van der Waals surface area contributed by atoms with Crippen LogP contribution in [0.25, 0.3) is 11.3 Å². The molecule has 194 valence electrons. The molecule has 3 aromatic rings. The molecule has 2 aromatic heterocycles. The first-order valence-electron chi connectivity index (χ1n) is 12.6. The van der Waals surface area contributed by atoms with Crippen molar-refractivity contribution in [2.75, 3.05) is 5.32 Å². The molecular weight excluding hydrogens is 466 g/mol. The molecule has 9 nitrogen and oxygen atoms in total. The Bertz CT molecular complexity index is 1290. The van der Waals surface area contributed by atoms with Crippen LogP contribution < -0.4 is 10.6 Å². The second kappa shape index (κ2) is 10.3. The van der Waals surface area contributed by atoms with Crippen LogP contribution in [0.3, 0.4) is 0 Å². The first kappa shape index (κ1) is 26.3.